The maximum Gasteiger partial charge on any atom is 0.407 e. The van der Waals surface area contributed by atoms with E-state index in [4.69, 9.17) is 18.9 Å². The standard InChI is InChI=1S/C26H33NO5/c28-26(32-19-22-9-5-2-6-10-22)27-24(25-29-15-16-30-25)17-20-11-13-23(14-12-20)31-18-21-7-3-1-4-8-21/h2,5-6,9-14,21,24-25H,1,3-4,7-8,15-19H2,(H,27,28)/t24-/m0/s1. The smallest absolute Gasteiger partial charge is 0.407 e. The van der Waals surface area contributed by atoms with Crippen LogP contribution >= 0.6 is 0 Å². The van der Waals surface area contributed by atoms with E-state index < -0.39 is 12.4 Å². The van der Waals surface area contributed by atoms with Crippen molar-refractivity contribution in [3.8, 4) is 5.75 Å². The number of carbonyl (C=O) groups excluding carboxylic acids is 1. The molecule has 0 aromatic heterocycles. The van der Waals surface area contributed by atoms with Crippen molar-refractivity contribution in [1.29, 1.82) is 0 Å². The number of carbonyl (C=O) groups is 1. The van der Waals surface area contributed by atoms with Crippen LogP contribution in [0.25, 0.3) is 0 Å². The highest BCUT2D eigenvalue weighted by Crippen LogP contribution is 2.25. The van der Waals surface area contributed by atoms with Crippen LogP contribution in [0.1, 0.15) is 43.2 Å². The monoisotopic (exact) mass is 439 g/mol. The van der Waals surface area contributed by atoms with E-state index in [-0.39, 0.29) is 12.6 Å². The highest BCUT2D eigenvalue weighted by atomic mass is 16.7. The Morgan fingerprint density at radius 1 is 0.938 bits per heavy atom. The average Bonchev–Trinajstić information content (AvgIpc) is 3.38. The molecule has 1 aliphatic heterocycles. The fourth-order valence-electron chi connectivity index (χ4n) is 4.28. The van der Waals surface area contributed by atoms with Gasteiger partial charge in [0, 0.05) is 0 Å². The predicted octanol–water partition coefficient (Wildman–Crippen LogP) is 4.86. The molecule has 2 aliphatic rings. The van der Waals surface area contributed by atoms with Crippen LogP contribution < -0.4 is 10.1 Å². The van der Waals surface area contributed by atoms with Crippen molar-refractivity contribution < 1.29 is 23.7 Å². The normalized spacial score (nSPS) is 18.2. The van der Waals surface area contributed by atoms with Crippen LogP contribution in [0.2, 0.25) is 0 Å². The first-order valence-electron chi connectivity index (χ1n) is 11.7. The van der Waals surface area contributed by atoms with E-state index in [0.29, 0.717) is 25.6 Å². The number of ether oxygens (including phenoxy) is 4. The number of nitrogens with one attached hydrogen (secondary N) is 1. The molecule has 32 heavy (non-hydrogen) atoms. The molecule has 0 spiro atoms. The lowest BCUT2D eigenvalue weighted by atomic mass is 9.90. The molecular formula is C26H33NO5. The van der Waals surface area contributed by atoms with Crippen LogP contribution in [0.5, 0.6) is 5.75 Å². The molecule has 0 bridgehead atoms. The van der Waals surface area contributed by atoms with E-state index >= 15 is 0 Å². The van der Waals surface area contributed by atoms with Gasteiger partial charge in [-0.15, -0.1) is 0 Å². The third kappa shape index (κ3) is 6.97. The number of benzene rings is 2. The molecule has 1 N–H and O–H groups in total. The number of alkyl carbamates (subject to hydrolysis) is 1. The Bertz CT molecular complexity index is 814. The Morgan fingerprint density at radius 3 is 2.38 bits per heavy atom. The molecule has 1 saturated carbocycles. The Balaban J connectivity index is 1.29. The van der Waals surface area contributed by atoms with Crippen molar-refractivity contribution >= 4 is 6.09 Å². The van der Waals surface area contributed by atoms with E-state index in [1.807, 2.05) is 54.6 Å². The predicted molar refractivity (Wildman–Crippen MR) is 121 cm³/mol. The zero-order valence-electron chi connectivity index (χ0n) is 18.5. The molecule has 1 heterocycles. The minimum Gasteiger partial charge on any atom is -0.493 e. The van der Waals surface area contributed by atoms with E-state index in [1.54, 1.807) is 0 Å². The summed E-state index contributed by atoms with van der Waals surface area (Å²) in [6.45, 7) is 2.06. The van der Waals surface area contributed by atoms with Crippen LogP contribution in [0.3, 0.4) is 0 Å². The molecule has 2 fully saturated rings. The summed E-state index contributed by atoms with van der Waals surface area (Å²) >= 11 is 0. The lowest BCUT2D eigenvalue weighted by Crippen LogP contribution is -2.45. The quantitative estimate of drug-likeness (QED) is 0.605. The topological polar surface area (TPSA) is 66.0 Å². The van der Waals surface area contributed by atoms with Crippen molar-refractivity contribution in [1.82, 2.24) is 5.32 Å². The van der Waals surface area contributed by atoms with E-state index in [1.165, 1.54) is 32.1 Å². The van der Waals surface area contributed by atoms with Gasteiger partial charge in [0.25, 0.3) is 0 Å². The fourth-order valence-corrected chi connectivity index (χ4v) is 4.28. The van der Waals surface area contributed by atoms with Crippen LogP contribution in [0, 0.1) is 5.92 Å². The third-order valence-corrected chi connectivity index (χ3v) is 6.08. The van der Waals surface area contributed by atoms with Crippen molar-refractivity contribution in [2.75, 3.05) is 19.8 Å². The Morgan fingerprint density at radius 2 is 1.66 bits per heavy atom. The van der Waals surface area contributed by atoms with Gasteiger partial charge >= 0.3 is 6.09 Å². The summed E-state index contributed by atoms with van der Waals surface area (Å²) in [7, 11) is 0. The molecule has 0 radical (unpaired) electrons. The summed E-state index contributed by atoms with van der Waals surface area (Å²) in [5.41, 5.74) is 2.01. The molecule has 2 aromatic rings. The molecule has 4 rings (SSSR count). The molecule has 172 valence electrons. The van der Waals surface area contributed by atoms with E-state index in [0.717, 1.165) is 23.5 Å². The number of rotatable bonds is 9. The number of hydrogen-bond donors (Lipinski definition) is 1. The maximum absolute atomic E-state index is 12.4. The summed E-state index contributed by atoms with van der Waals surface area (Å²) in [4.78, 5) is 12.4. The summed E-state index contributed by atoms with van der Waals surface area (Å²) in [6, 6.07) is 17.3. The Labute approximate surface area is 190 Å². The molecule has 1 saturated heterocycles. The maximum atomic E-state index is 12.4. The van der Waals surface area contributed by atoms with Gasteiger partial charge in [-0.25, -0.2) is 4.79 Å². The first kappa shape index (κ1) is 22.6. The summed E-state index contributed by atoms with van der Waals surface area (Å²) in [5.74, 6) is 1.56. The van der Waals surface area contributed by atoms with Gasteiger partial charge in [-0.05, 0) is 48.4 Å². The lowest BCUT2D eigenvalue weighted by molar-refractivity contribution is -0.0664. The van der Waals surface area contributed by atoms with Gasteiger partial charge in [0.1, 0.15) is 12.4 Å². The van der Waals surface area contributed by atoms with Crippen LogP contribution in [0.4, 0.5) is 4.79 Å². The largest absolute Gasteiger partial charge is 0.493 e. The lowest BCUT2D eigenvalue weighted by Gasteiger charge is -2.24. The number of amides is 1. The molecule has 0 unspecified atom stereocenters. The Kier molecular flexibility index (Phi) is 8.40. The SMILES string of the molecule is O=C(N[C@@H](Cc1ccc(OCC2CCCCC2)cc1)C1OCCO1)OCc1ccccc1. The van der Waals surface area contributed by atoms with Crippen molar-refractivity contribution in [3.63, 3.8) is 0 Å². The van der Waals surface area contributed by atoms with Gasteiger partial charge in [0.05, 0.1) is 25.9 Å². The zero-order valence-corrected chi connectivity index (χ0v) is 18.5. The minimum atomic E-state index is -0.485. The summed E-state index contributed by atoms with van der Waals surface area (Å²) in [5, 5.41) is 2.92. The molecule has 6 nitrogen and oxygen atoms in total. The molecule has 1 atom stereocenters. The van der Waals surface area contributed by atoms with Gasteiger partial charge in [-0.3, -0.25) is 0 Å². The highest BCUT2D eigenvalue weighted by molar-refractivity contribution is 5.67. The second-order valence-corrected chi connectivity index (χ2v) is 8.59. The molecule has 2 aromatic carbocycles. The third-order valence-electron chi connectivity index (χ3n) is 6.08. The zero-order chi connectivity index (χ0) is 22.0. The van der Waals surface area contributed by atoms with Gasteiger partial charge < -0.3 is 24.3 Å². The first-order valence-corrected chi connectivity index (χ1v) is 11.7. The molecule has 1 amide bonds. The minimum absolute atomic E-state index is 0.221. The van der Waals surface area contributed by atoms with E-state index in [9.17, 15) is 4.79 Å². The van der Waals surface area contributed by atoms with Crippen molar-refractivity contribution in [2.45, 2.75) is 57.5 Å². The van der Waals surface area contributed by atoms with Crippen LogP contribution in [-0.2, 0) is 27.2 Å². The second kappa shape index (κ2) is 11.9. The number of hydrogen-bond acceptors (Lipinski definition) is 5. The fraction of sp³-hybridized carbons (Fsp3) is 0.500. The van der Waals surface area contributed by atoms with Crippen molar-refractivity contribution in [3.05, 3.63) is 65.7 Å². The second-order valence-electron chi connectivity index (χ2n) is 8.59. The summed E-state index contributed by atoms with van der Waals surface area (Å²) < 4.78 is 22.7. The molecular weight excluding hydrogens is 406 g/mol. The highest BCUT2D eigenvalue weighted by Gasteiger charge is 2.29. The molecule has 6 heteroatoms. The Hall–Kier alpha value is -2.57. The summed E-state index contributed by atoms with van der Waals surface area (Å²) in [6.07, 6.45) is 6.15. The molecule has 1 aliphatic carbocycles. The van der Waals surface area contributed by atoms with Crippen LogP contribution in [-0.4, -0.2) is 38.2 Å². The average molecular weight is 440 g/mol. The first-order chi connectivity index (χ1) is 15.8. The van der Waals surface area contributed by atoms with Crippen molar-refractivity contribution in [2.24, 2.45) is 5.92 Å². The van der Waals surface area contributed by atoms with Gasteiger partial charge in [-0.2, -0.15) is 0 Å². The van der Waals surface area contributed by atoms with Gasteiger partial charge in [0.15, 0.2) is 6.29 Å². The van der Waals surface area contributed by atoms with Crippen LogP contribution in [0.15, 0.2) is 54.6 Å². The van der Waals surface area contributed by atoms with Gasteiger partial charge in [-0.1, -0.05) is 61.7 Å². The van der Waals surface area contributed by atoms with Gasteiger partial charge in [0.2, 0.25) is 0 Å². The van der Waals surface area contributed by atoms with E-state index in [2.05, 4.69) is 5.32 Å².